The Hall–Kier alpha value is -1.56. The maximum absolute atomic E-state index is 13.0. The van der Waals surface area contributed by atoms with Crippen LogP contribution in [0.15, 0.2) is 33.3 Å². The van der Waals surface area contributed by atoms with E-state index in [1.807, 2.05) is 6.07 Å². The van der Waals surface area contributed by atoms with Gasteiger partial charge in [-0.3, -0.25) is 14.2 Å². The highest BCUT2D eigenvalue weighted by atomic mass is 79.9. The van der Waals surface area contributed by atoms with Gasteiger partial charge in [0.25, 0.3) is 0 Å². The normalized spacial score (nSPS) is 11.7. The molecule has 0 atom stereocenters. The van der Waals surface area contributed by atoms with Gasteiger partial charge in [0, 0.05) is 12.6 Å². The summed E-state index contributed by atoms with van der Waals surface area (Å²) in [6, 6.07) is 5.21. The highest BCUT2D eigenvalue weighted by Gasteiger charge is 2.37. The summed E-state index contributed by atoms with van der Waals surface area (Å²) in [5, 5.41) is 11.4. The second-order valence-corrected chi connectivity index (χ2v) is 9.00. The molecule has 0 aliphatic carbocycles. The van der Waals surface area contributed by atoms with Crippen LogP contribution in [-0.2, 0) is 24.1 Å². The van der Waals surface area contributed by atoms with Crippen molar-refractivity contribution in [3.8, 4) is 0 Å². The van der Waals surface area contributed by atoms with Gasteiger partial charge in [-0.15, -0.1) is 0 Å². The average Bonchev–Trinajstić information content (AvgIpc) is 3.16. The van der Waals surface area contributed by atoms with Crippen molar-refractivity contribution in [1.82, 2.24) is 19.6 Å². The lowest BCUT2D eigenvalue weighted by Crippen LogP contribution is -2.17. The number of anilines is 1. The topological polar surface area (TPSA) is 64.7 Å². The van der Waals surface area contributed by atoms with Gasteiger partial charge in [0.1, 0.15) is 0 Å². The lowest BCUT2D eigenvalue weighted by atomic mass is 10.2. The highest BCUT2D eigenvalue weighted by molar-refractivity contribution is 9.11. The number of nitrogens with one attached hydrogen (secondary N) is 1. The molecule has 0 unspecified atom stereocenters. The zero-order chi connectivity index (χ0) is 22.9. The summed E-state index contributed by atoms with van der Waals surface area (Å²) >= 11 is 18.2. The molecule has 0 fully saturated rings. The molecule has 31 heavy (non-hydrogen) atoms. The number of carbonyl (C=O) groups excluding carboxylic acids is 1. The molecule has 3 aromatic rings. The van der Waals surface area contributed by atoms with Gasteiger partial charge in [-0.05, 0) is 56.5 Å². The average molecular weight is 604 g/mol. The molecular weight excluding hydrogens is 590 g/mol. The second kappa shape index (κ2) is 9.51. The molecule has 0 saturated carbocycles. The molecule has 0 spiro atoms. The van der Waals surface area contributed by atoms with Gasteiger partial charge >= 0.3 is 6.18 Å². The van der Waals surface area contributed by atoms with Gasteiger partial charge in [-0.1, -0.05) is 29.3 Å². The first-order chi connectivity index (χ1) is 14.5. The number of amides is 1. The Bertz CT molecular complexity index is 1130. The molecule has 3 rings (SSSR count). The molecule has 1 N–H and O–H groups in total. The lowest BCUT2D eigenvalue weighted by Gasteiger charge is -2.06. The fourth-order valence-electron chi connectivity index (χ4n) is 2.71. The van der Waals surface area contributed by atoms with E-state index >= 15 is 0 Å². The van der Waals surface area contributed by atoms with Crippen LogP contribution in [0.2, 0.25) is 10.0 Å². The fraction of sp³-hybridized carbons (Fsp3) is 0.278. The molecular formula is C18H14Br2Cl2F3N5O. The number of aromatic nitrogens is 4. The first-order valence-corrected chi connectivity index (χ1v) is 11.1. The Balaban J connectivity index is 1.63. The Morgan fingerprint density at radius 1 is 1.19 bits per heavy atom. The standard InChI is InChI=1S/C18H14Br2Cl2F3N5O/c1-9-15(20)16(18(23,24)25)27-30(9)5-4-14(31)26-17-11(19)8-29(28-17)7-10-2-3-12(21)13(22)6-10/h2-3,6,8H,4-5,7H2,1H3,(H,26,28,31). The molecule has 0 aliphatic heterocycles. The van der Waals surface area contributed by atoms with Crippen LogP contribution >= 0.6 is 55.1 Å². The first-order valence-electron chi connectivity index (χ1n) is 8.72. The van der Waals surface area contributed by atoms with Crippen molar-refractivity contribution in [3.63, 3.8) is 0 Å². The van der Waals surface area contributed by atoms with E-state index < -0.39 is 17.8 Å². The van der Waals surface area contributed by atoms with Gasteiger partial charge in [-0.25, -0.2) is 0 Å². The number of halogens is 7. The Morgan fingerprint density at radius 3 is 2.52 bits per heavy atom. The predicted octanol–water partition coefficient (Wildman–Crippen LogP) is 6.32. The van der Waals surface area contributed by atoms with Crippen LogP contribution in [0.25, 0.3) is 0 Å². The third-order valence-electron chi connectivity index (χ3n) is 4.26. The van der Waals surface area contributed by atoms with E-state index in [1.54, 1.807) is 23.0 Å². The minimum Gasteiger partial charge on any atom is -0.308 e. The number of rotatable bonds is 6. The number of hydrogen-bond acceptors (Lipinski definition) is 3. The van der Waals surface area contributed by atoms with E-state index in [-0.39, 0.29) is 23.1 Å². The van der Waals surface area contributed by atoms with Crippen molar-refractivity contribution >= 4 is 66.8 Å². The van der Waals surface area contributed by atoms with Crippen LogP contribution in [0, 0.1) is 6.92 Å². The number of hydrogen-bond donors (Lipinski definition) is 1. The smallest absolute Gasteiger partial charge is 0.308 e. The van der Waals surface area contributed by atoms with Crippen LogP contribution in [0.4, 0.5) is 19.0 Å². The summed E-state index contributed by atoms with van der Waals surface area (Å²) in [5.74, 6) is -0.125. The Kier molecular flexibility index (Phi) is 7.39. The maximum atomic E-state index is 13.0. The third kappa shape index (κ3) is 5.82. The number of benzene rings is 1. The van der Waals surface area contributed by atoms with Crippen LogP contribution < -0.4 is 5.32 Å². The van der Waals surface area contributed by atoms with Gasteiger partial charge in [0.2, 0.25) is 5.91 Å². The Labute approximate surface area is 201 Å². The lowest BCUT2D eigenvalue weighted by molar-refractivity contribution is -0.142. The van der Waals surface area contributed by atoms with Crippen molar-refractivity contribution in [2.75, 3.05) is 5.32 Å². The predicted molar refractivity (Wildman–Crippen MR) is 118 cm³/mol. The first kappa shape index (κ1) is 24.1. The van der Waals surface area contributed by atoms with E-state index in [2.05, 4.69) is 47.4 Å². The molecule has 1 aromatic carbocycles. The number of aryl methyl sites for hydroxylation is 1. The van der Waals surface area contributed by atoms with Crippen LogP contribution in [0.3, 0.4) is 0 Å². The van der Waals surface area contributed by atoms with E-state index in [0.29, 0.717) is 26.9 Å². The van der Waals surface area contributed by atoms with Crippen molar-refractivity contribution < 1.29 is 18.0 Å². The molecule has 0 saturated heterocycles. The van der Waals surface area contributed by atoms with Gasteiger partial charge in [-0.2, -0.15) is 23.4 Å². The molecule has 2 heterocycles. The zero-order valence-electron chi connectivity index (χ0n) is 15.8. The van der Waals surface area contributed by atoms with Crippen LogP contribution in [0.1, 0.15) is 23.4 Å². The Morgan fingerprint density at radius 2 is 1.90 bits per heavy atom. The number of nitrogens with zero attached hydrogens (tertiary/aromatic N) is 4. The number of alkyl halides is 3. The molecule has 0 aliphatic rings. The minimum atomic E-state index is -4.58. The molecule has 2 aromatic heterocycles. The van der Waals surface area contributed by atoms with E-state index in [1.165, 1.54) is 6.92 Å². The van der Waals surface area contributed by atoms with Gasteiger partial charge < -0.3 is 5.32 Å². The summed E-state index contributed by atoms with van der Waals surface area (Å²) in [4.78, 5) is 12.3. The van der Waals surface area contributed by atoms with Crippen molar-refractivity contribution in [1.29, 1.82) is 0 Å². The summed E-state index contributed by atoms with van der Waals surface area (Å²) in [6.45, 7) is 1.87. The monoisotopic (exact) mass is 601 g/mol. The van der Waals surface area contributed by atoms with E-state index in [4.69, 9.17) is 23.2 Å². The number of carbonyl (C=O) groups is 1. The van der Waals surface area contributed by atoms with Crippen molar-refractivity contribution in [2.24, 2.45) is 0 Å². The summed E-state index contributed by atoms with van der Waals surface area (Å²) in [6.07, 6.45) is -2.98. The zero-order valence-corrected chi connectivity index (χ0v) is 20.5. The molecule has 166 valence electrons. The highest BCUT2D eigenvalue weighted by Crippen LogP contribution is 2.35. The van der Waals surface area contributed by atoms with Crippen LogP contribution in [-0.4, -0.2) is 25.5 Å². The fourth-order valence-corrected chi connectivity index (χ4v) is 3.96. The van der Waals surface area contributed by atoms with E-state index in [9.17, 15) is 18.0 Å². The van der Waals surface area contributed by atoms with Gasteiger partial charge in [0.15, 0.2) is 11.5 Å². The van der Waals surface area contributed by atoms with E-state index in [0.717, 1.165) is 10.2 Å². The minimum absolute atomic E-state index is 0.0199. The van der Waals surface area contributed by atoms with Crippen molar-refractivity contribution in [3.05, 3.63) is 60.3 Å². The molecule has 13 heteroatoms. The molecule has 6 nitrogen and oxygen atoms in total. The summed E-state index contributed by atoms with van der Waals surface area (Å²) < 4.78 is 42.0. The maximum Gasteiger partial charge on any atom is 0.436 e. The SMILES string of the molecule is Cc1c(Br)c(C(F)(F)F)nn1CCC(=O)Nc1nn(Cc2ccc(Cl)c(Cl)c2)cc1Br. The molecule has 0 bridgehead atoms. The largest absolute Gasteiger partial charge is 0.436 e. The second-order valence-electron chi connectivity index (χ2n) is 6.54. The summed E-state index contributed by atoms with van der Waals surface area (Å²) in [7, 11) is 0. The molecule has 0 radical (unpaired) electrons. The summed E-state index contributed by atoms with van der Waals surface area (Å²) in [5.41, 5.74) is 0.129. The third-order valence-corrected chi connectivity index (χ3v) is 6.52. The molecule has 1 amide bonds. The van der Waals surface area contributed by atoms with Gasteiger partial charge in [0.05, 0.1) is 37.8 Å². The quantitative estimate of drug-likeness (QED) is 0.359. The van der Waals surface area contributed by atoms with Crippen molar-refractivity contribution in [2.45, 2.75) is 32.6 Å². The van der Waals surface area contributed by atoms with Crippen LogP contribution in [0.5, 0.6) is 0 Å².